The fourth-order valence-corrected chi connectivity index (χ4v) is 4.78. The van der Waals surface area contributed by atoms with Crippen molar-refractivity contribution >= 4 is 35.0 Å². The van der Waals surface area contributed by atoms with Crippen molar-refractivity contribution in [2.75, 3.05) is 13.7 Å². The van der Waals surface area contributed by atoms with Crippen LogP contribution in [0.3, 0.4) is 0 Å². The number of allylic oxidation sites excluding steroid dienone is 1. The average Bonchev–Trinajstić information content (AvgIpc) is 3.12. The van der Waals surface area contributed by atoms with E-state index in [0.29, 0.717) is 31.4 Å². The Hall–Kier alpha value is -3.42. The summed E-state index contributed by atoms with van der Waals surface area (Å²) in [5.74, 6) is 0.134. The summed E-state index contributed by atoms with van der Waals surface area (Å²) >= 11 is 7.25. The summed E-state index contributed by atoms with van der Waals surface area (Å²) in [7, 11) is 1.58. The number of aromatic nitrogens is 1. The van der Waals surface area contributed by atoms with Crippen molar-refractivity contribution < 1.29 is 14.3 Å². The summed E-state index contributed by atoms with van der Waals surface area (Å²) in [4.78, 5) is 31.6. The lowest BCUT2D eigenvalue weighted by Crippen LogP contribution is -2.39. The zero-order chi connectivity index (χ0) is 23.5. The molecule has 0 bridgehead atoms. The molecular weight excluding hydrogens is 460 g/mol. The van der Waals surface area contributed by atoms with Crippen molar-refractivity contribution in [1.82, 2.24) is 4.57 Å². The van der Waals surface area contributed by atoms with E-state index < -0.39 is 12.0 Å². The maximum Gasteiger partial charge on any atom is 0.338 e. The van der Waals surface area contributed by atoms with Crippen molar-refractivity contribution in [1.29, 1.82) is 0 Å². The molecule has 1 aliphatic rings. The van der Waals surface area contributed by atoms with E-state index in [1.807, 2.05) is 24.3 Å². The first-order chi connectivity index (χ1) is 15.9. The molecule has 0 amide bonds. The number of methoxy groups -OCH3 is 1. The van der Waals surface area contributed by atoms with Gasteiger partial charge in [-0.15, -0.1) is 0 Å². The highest BCUT2D eigenvalue weighted by Crippen LogP contribution is 2.31. The number of rotatable bonds is 6. The number of esters is 1. The second kappa shape index (κ2) is 9.60. The van der Waals surface area contributed by atoms with Crippen LogP contribution in [0, 0.1) is 0 Å². The Morgan fingerprint density at radius 2 is 1.91 bits per heavy atom. The highest BCUT2D eigenvalue weighted by Gasteiger charge is 2.33. The fraction of sp³-hybridized carbons (Fsp3) is 0.160. The maximum atomic E-state index is 13.5. The summed E-state index contributed by atoms with van der Waals surface area (Å²) in [5, 5.41) is 0.617. The van der Waals surface area contributed by atoms with Gasteiger partial charge in [-0.1, -0.05) is 59.9 Å². The minimum absolute atomic E-state index is 0.0614. The molecular formula is C25H21ClN2O4S. The number of hydrogen-bond donors (Lipinski definition) is 0. The van der Waals surface area contributed by atoms with Gasteiger partial charge in [0.05, 0.1) is 29.0 Å². The van der Waals surface area contributed by atoms with E-state index in [1.165, 1.54) is 17.4 Å². The van der Waals surface area contributed by atoms with Crippen molar-refractivity contribution in [2.24, 2.45) is 4.99 Å². The van der Waals surface area contributed by atoms with Gasteiger partial charge in [0.1, 0.15) is 12.4 Å². The van der Waals surface area contributed by atoms with Gasteiger partial charge in [0.25, 0.3) is 5.56 Å². The molecule has 0 unspecified atom stereocenters. The summed E-state index contributed by atoms with van der Waals surface area (Å²) in [6.45, 7) is 5.40. The molecule has 168 valence electrons. The predicted octanol–water partition coefficient (Wildman–Crippen LogP) is 3.63. The van der Waals surface area contributed by atoms with Crippen LogP contribution in [-0.4, -0.2) is 24.3 Å². The molecule has 0 aliphatic carbocycles. The second-order valence-corrected chi connectivity index (χ2v) is 8.74. The van der Waals surface area contributed by atoms with Crippen LogP contribution in [0.4, 0.5) is 0 Å². The molecule has 0 radical (unpaired) electrons. The molecule has 6 nitrogen and oxygen atoms in total. The van der Waals surface area contributed by atoms with Gasteiger partial charge in [0.15, 0.2) is 4.80 Å². The third-order valence-corrected chi connectivity index (χ3v) is 6.41. The normalized spacial score (nSPS) is 15.6. The Bertz CT molecular complexity index is 1420. The first-order valence-electron chi connectivity index (χ1n) is 10.1. The molecule has 4 rings (SSSR count). The molecule has 1 aliphatic heterocycles. The van der Waals surface area contributed by atoms with E-state index in [0.717, 1.165) is 11.1 Å². The number of nitrogens with zero attached hydrogens (tertiary/aromatic N) is 2. The minimum Gasteiger partial charge on any atom is -0.497 e. The molecule has 2 heterocycles. The molecule has 0 spiro atoms. The molecule has 0 saturated carbocycles. The number of carbonyl (C=O) groups excluding carboxylic acids is 1. The van der Waals surface area contributed by atoms with Crippen LogP contribution < -0.4 is 19.6 Å². The van der Waals surface area contributed by atoms with Crippen LogP contribution in [0.2, 0.25) is 5.02 Å². The topological polar surface area (TPSA) is 69.9 Å². The maximum absolute atomic E-state index is 13.5. The molecule has 3 aromatic rings. The Balaban J connectivity index is 1.91. The summed E-state index contributed by atoms with van der Waals surface area (Å²) in [6.07, 6.45) is 3.29. The third kappa shape index (κ3) is 4.55. The third-order valence-electron chi connectivity index (χ3n) is 5.17. The van der Waals surface area contributed by atoms with Crippen molar-refractivity contribution in [2.45, 2.75) is 13.0 Å². The minimum atomic E-state index is -0.683. The summed E-state index contributed by atoms with van der Waals surface area (Å²) in [5.41, 5.74) is 2.16. The monoisotopic (exact) mass is 480 g/mol. The standard InChI is InChI=1S/C25H21ClN2O4S/c1-4-13-32-24(30)21-15(2)27-25-28(22(21)17-7-11-19(31-3)12-8-17)23(29)20(33-25)14-16-5-9-18(26)10-6-16/h4-12,14,22H,1,13H2,2-3H3/b20-14+/t22-/m1/s1. The van der Waals surface area contributed by atoms with E-state index in [9.17, 15) is 9.59 Å². The van der Waals surface area contributed by atoms with Gasteiger partial charge in [0, 0.05) is 5.02 Å². The van der Waals surface area contributed by atoms with Gasteiger partial charge in [0.2, 0.25) is 0 Å². The quantitative estimate of drug-likeness (QED) is 0.399. The fourth-order valence-electron chi connectivity index (χ4n) is 3.61. The Kier molecular flexibility index (Phi) is 6.62. The van der Waals surface area contributed by atoms with E-state index in [1.54, 1.807) is 48.9 Å². The lowest BCUT2D eigenvalue weighted by atomic mass is 9.96. The van der Waals surface area contributed by atoms with Crippen molar-refractivity contribution in [3.05, 3.63) is 108 Å². The Morgan fingerprint density at radius 3 is 2.55 bits per heavy atom. The molecule has 0 saturated heterocycles. The largest absolute Gasteiger partial charge is 0.497 e. The lowest BCUT2D eigenvalue weighted by Gasteiger charge is -2.24. The number of hydrogen-bond acceptors (Lipinski definition) is 6. The molecule has 8 heteroatoms. The predicted molar refractivity (Wildman–Crippen MR) is 129 cm³/mol. The van der Waals surface area contributed by atoms with Gasteiger partial charge in [-0.05, 0) is 48.4 Å². The highest BCUT2D eigenvalue weighted by molar-refractivity contribution is 7.07. The molecule has 0 fully saturated rings. The number of benzene rings is 2. The van der Waals surface area contributed by atoms with Crippen LogP contribution in [0.5, 0.6) is 5.75 Å². The Labute approximate surface area is 199 Å². The van der Waals surface area contributed by atoms with Crippen LogP contribution in [0.15, 0.2) is 82.2 Å². The van der Waals surface area contributed by atoms with Gasteiger partial charge in [-0.2, -0.15) is 0 Å². The zero-order valence-corrected chi connectivity index (χ0v) is 19.7. The number of fused-ring (bicyclic) bond motifs is 1. The summed E-state index contributed by atoms with van der Waals surface area (Å²) in [6, 6.07) is 13.8. The van der Waals surface area contributed by atoms with E-state index in [2.05, 4.69) is 11.6 Å². The van der Waals surface area contributed by atoms with E-state index >= 15 is 0 Å². The van der Waals surface area contributed by atoms with Crippen LogP contribution >= 0.6 is 22.9 Å². The summed E-state index contributed by atoms with van der Waals surface area (Å²) < 4.78 is 12.6. The smallest absolute Gasteiger partial charge is 0.338 e. The van der Waals surface area contributed by atoms with E-state index in [-0.39, 0.29) is 12.2 Å². The zero-order valence-electron chi connectivity index (χ0n) is 18.1. The second-order valence-electron chi connectivity index (χ2n) is 7.29. The number of halogens is 1. The molecule has 33 heavy (non-hydrogen) atoms. The van der Waals surface area contributed by atoms with Crippen LogP contribution in [-0.2, 0) is 9.53 Å². The van der Waals surface area contributed by atoms with Crippen LogP contribution in [0.1, 0.15) is 24.1 Å². The highest BCUT2D eigenvalue weighted by atomic mass is 35.5. The van der Waals surface area contributed by atoms with Crippen LogP contribution in [0.25, 0.3) is 6.08 Å². The Morgan fingerprint density at radius 1 is 1.21 bits per heavy atom. The van der Waals surface area contributed by atoms with Gasteiger partial charge in [-0.25, -0.2) is 9.79 Å². The first-order valence-corrected chi connectivity index (χ1v) is 11.3. The average molecular weight is 481 g/mol. The number of thiazole rings is 1. The van der Waals surface area contributed by atoms with Gasteiger partial charge in [-0.3, -0.25) is 9.36 Å². The molecule has 1 aromatic heterocycles. The first kappa shape index (κ1) is 22.8. The number of carbonyl (C=O) groups is 1. The number of ether oxygens (including phenoxy) is 2. The molecule has 1 atom stereocenters. The molecule has 2 aromatic carbocycles. The van der Waals surface area contributed by atoms with Crippen molar-refractivity contribution in [3.8, 4) is 5.75 Å². The lowest BCUT2D eigenvalue weighted by molar-refractivity contribution is -0.138. The SMILES string of the molecule is C=CCOC(=O)C1=C(C)N=c2s/c(=C/c3ccc(Cl)cc3)c(=O)n2[C@@H]1c1ccc(OC)cc1. The van der Waals surface area contributed by atoms with Gasteiger partial charge >= 0.3 is 5.97 Å². The van der Waals surface area contributed by atoms with Crippen molar-refractivity contribution in [3.63, 3.8) is 0 Å². The molecule has 0 N–H and O–H groups in total. The van der Waals surface area contributed by atoms with E-state index in [4.69, 9.17) is 21.1 Å². The van der Waals surface area contributed by atoms with Gasteiger partial charge < -0.3 is 9.47 Å².